The van der Waals surface area contributed by atoms with Crippen LogP contribution in [0.1, 0.15) is 29.3 Å². The molecule has 2 fully saturated rings. The van der Waals surface area contributed by atoms with Gasteiger partial charge in [-0.25, -0.2) is 0 Å². The summed E-state index contributed by atoms with van der Waals surface area (Å²) in [6.45, 7) is 3.46. The number of carbonyl (C=O) groups excluding carboxylic acids is 1. The van der Waals surface area contributed by atoms with Crippen LogP contribution in [0.2, 0.25) is 0 Å². The first-order valence-electron chi connectivity index (χ1n) is 8.36. The third-order valence-electron chi connectivity index (χ3n) is 4.75. The van der Waals surface area contributed by atoms with Crippen LogP contribution in [0.3, 0.4) is 0 Å². The van der Waals surface area contributed by atoms with Gasteiger partial charge in [0.2, 0.25) is 0 Å². The molecule has 1 saturated carbocycles. The van der Waals surface area contributed by atoms with Crippen LogP contribution in [0.15, 0.2) is 18.2 Å². The molecular weight excluding hydrogens is 314 g/mol. The van der Waals surface area contributed by atoms with Crippen LogP contribution in [-0.2, 0) is 16.1 Å². The highest BCUT2D eigenvalue weighted by atomic mass is 35.5. The lowest BCUT2D eigenvalue weighted by Gasteiger charge is -2.30. The van der Waals surface area contributed by atoms with Crippen LogP contribution < -0.4 is 10.6 Å². The second-order valence-electron chi connectivity index (χ2n) is 6.53. The summed E-state index contributed by atoms with van der Waals surface area (Å²) < 4.78 is 5.64. The number of halogens is 1. The van der Waals surface area contributed by atoms with E-state index in [1.165, 1.54) is 0 Å². The summed E-state index contributed by atoms with van der Waals surface area (Å²) in [6, 6.07) is 6.66. The molecule has 6 heteroatoms. The summed E-state index contributed by atoms with van der Waals surface area (Å²) in [4.78, 5) is 14.8. The minimum absolute atomic E-state index is 0.0435. The molecule has 1 saturated heterocycles. The first kappa shape index (κ1) is 15.2. The van der Waals surface area contributed by atoms with Crippen LogP contribution in [0.25, 0.3) is 0 Å². The molecule has 1 aromatic carbocycles. The van der Waals surface area contributed by atoms with E-state index in [0.717, 1.165) is 42.7 Å². The Bertz CT molecular complexity index is 600. The van der Waals surface area contributed by atoms with E-state index in [-0.39, 0.29) is 17.4 Å². The third kappa shape index (κ3) is 3.18. The van der Waals surface area contributed by atoms with E-state index in [0.29, 0.717) is 25.7 Å². The Morgan fingerprint density at radius 2 is 2.22 bits per heavy atom. The minimum Gasteiger partial charge on any atom is -0.383 e. The van der Waals surface area contributed by atoms with E-state index in [2.05, 4.69) is 28.8 Å². The molecule has 1 aliphatic carbocycles. The number of hydrogen-bond donors (Lipinski definition) is 2. The molecule has 5 nitrogen and oxygen atoms in total. The van der Waals surface area contributed by atoms with E-state index in [1.807, 2.05) is 4.90 Å². The minimum atomic E-state index is -0.343. The van der Waals surface area contributed by atoms with Crippen molar-refractivity contribution < 1.29 is 9.53 Å². The second kappa shape index (κ2) is 6.30. The second-order valence-corrected chi connectivity index (χ2v) is 7.06. The van der Waals surface area contributed by atoms with Gasteiger partial charge in [0, 0.05) is 37.9 Å². The maximum absolute atomic E-state index is 12.8. The molecule has 0 bridgehead atoms. The maximum Gasteiger partial charge on any atom is 0.253 e. The molecule has 2 aliphatic heterocycles. The highest BCUT2D eigenvalue weighted by Crippen LogP contribution is 2.36. The molecule has 0 spiro atoms. The van der Waals surface area contributed by atoms with Gasteiger partial charge in [0.15, 0.2) is 0 Å². The number of benzene rings is 1. The molecule has 2 N–H and O–H groups in total. The van der Waals surface area contributed by atoms with Crippen molar-refractivity contribution in [3.63, 3.8) is 0 Å². The van der Waals surface area contributed by atoms with Crippen LogP contribution in [0, 0.1) is 0 Å². The van der Waals surface area contributed by atoms with Crippen LogP contribution >= 0.6 is 11.6 Å². The number of fused-ring (bicyclic) bond motifs is 1. The monoisotopic (exact) mass is 335 g/mol. The number of anilines is 1. The van der Waals surface area contributed by atoms with Crippen LogP contribution in [-0.4, -0.2) is 49.2 Å². The lowest BCUT2D eigenvalue weighted by molar-refractivity contribution is -0.146. The number of amides is 1. The number of carbonyl (C=O) groups is 1. The fourth-order valence-corrected chi connectivity index (χ4v) is 3.58. The zero-order valence-electron chi connectivity index (χ0n) is 13.1. The van der Waals surface area contributed by atoms with Crippen molar-refractivity contribution in [1.82, 2.24) is 10.2 Å². The van der Waals surface area contributed by atoms with Crippen molar-refractivity contribution in [3.8, 4) is 0 Å². The van der Waals surface area contributed by atoms with E-state index in [4.69, 9.17) is 16.3 Å². The highest BCUT2D eigenvalue weighted by Gasteiger charge is 2.37. The standard InChI is InChI=1S/C17H22ClN3O2/c18-14-8-20-15-7-11(1-4-13(14)15)10-21(12-2-3-12)17(22)16-9-19-5-6-23-16/h1,4,7,12,14,16,19-20H,2-3,5-6,8-10H2/t14?,16-/m1/s1. The maximum atomic E-state index is 12.8. The van der Waals surface area contributed by atoms with E-state index in [9.17, 15) is 4.79 Å². The Balaban J connectivity index is 1.49. The summed E-state index contributed by atoms with van der Waals surface area (Å²) in [6.07, 6.45) is 1.85. The van der Waals surface area contributed by atoms with Crippen LogP contribution in [0.5, 0.6) is 0 Å². The van der Waals surface area contributed by atoms with E-state index >= 15 is 0 Å². The van der Waals surface area contributed by atoms with Crippen molar-refractivity contribution in [3.05, 3.63) is 29.3 Å². The van der Waals surface area contributed by atoms with Gasteiger partial charge in [-0.1, -0.05) is 12.1 Å². The van der Waals surface area contributed by atoms with Gasteiger partial charge in [-0.3, -0.25) is 4.79 Å². The van der Waals surface area contributed by atoms with Crippen molar-refractivity contribution in [2.75, 3.05) is 31.6 Å². The summed E-state index contributed by atoms with van der Waals surface area (Å²) >= 11 is 6.26. The molecule has 0 aromatic heterocycles. The largest absolute Gasteiger partial charge is 0.383 e. The fraction of sp³-hybridized carbons (Fsp3) is 0.588. The average molecular weight is 336 g/mol. The number of ether oxygens (including phenoxy) is 1. The molecule has 124 valence electrons. The zero-order valence-corrected chi connectivity index (χ0v) is 13.8. The lowest BCUT2D eigenvalue weighted by atomic mass is 10.1. The number of morpholine rings is 1. The summed E-state index contributed by atoms with van der Waals surface area (Å²) in [5.74, 6) is 0.114. The van der Waals surface area contributed by atoms with Gasteiger partial charge in [-0.15, -0.1) is 11.6 Å². The van der Waals surface area contributed by atoms with Crippen molar-refractivity contribution in [1.29, 1.82) is 0 Å². The van der Waals surface area contributed by atoms with Gasteiger partial charge in [-0.05, 0) is 30.0 Å². The summed E-state index contributed by atoms with van der Waals surface area (Å²) in [7, 11) is 0. The van der Waals surface area contributed by atoms with Gasteiger partial charge in [0.05, 0.1) is 12.0 Å². The third-order valence-corrected chi connectivity index (χ3v) is 5.14. The fourth-order valence-electron chi connectivity index (χ4n) is 3.32. The van der Waals surface area contributed by atoms with Gasteiger partial charge in [-0.2, -0.15) is 0 Å². The first-order valence-corrected chi connectivity index (χ1v) is 8.79. The molecule has 2 heterocycles. The normalized spacial score (nSPS) is 26.5. The zero-order chi connectivity index (χ0) is 15.8. The highest BCUT2D eigenvalue weighted by molar-refractivity contribution is 6.22. The van der Waals surface area contributed by atoms with E-state index in [1.54, 1.807) is 0 Å². The summed E-state index contributed by atoms with van der Waals surface area (Å²) in [5, 5.41) is 6.61. The van der Waals surface area contributed by atoms with Gasteiger partial charge >= 0.3 is 0 Å². The Morgan fingerprint density at radius 1 is 1.35 bits per heavy atom. The number of alkyl halides is 1. The topological polar surface area (TPSA) is 53.6 Å². The molecular formula is C17H22ClN3O2. The van der Waals surface area contributed by atoms with E-state index < -0.39 is 0 Å². The quantitative estimate of drug-likeness (QED) is 0.825. The lowest BCUT2D eigenvalue weighted by Crippen LogP contribution is -2.49. The smallest absolute Gasteiger partial charge is 0.253 e. The molecule has 0 radical (unpaired) electrons. The number of rotatable bonds is 4. The first-order chi connectivity index (χ1) is 11.2. The Kier molecular flexibility index (Phi) is 4.18. The molecule has 1 aromatic rings. The van der Waals surface area contributed by atoms with Crippen molar-refractivity contribution in [2.24, 2.45) is 0 Å². The Labute approximate surface area is 141 Å². The molecule has 1 unspecified atom stereocenters. The Hall–Kier alpha value is -1.30. The molecule has 23 heavy (non-hydrogen) atoms. The summed E-state index contributed by atoms with van der Waals surface area (Å²) in [5.41, 5.74) is 3.40. The Morgan fingerprint density at radius 3 is 2.96 bits per heavy atom. The number of nitrogens with zero attached hydrogens (tertiary/aromatic N) is 1. The van der Waals surface area contributed by atoms with Gasteiger partial charge < -0.3 is 20.3 Å². The average Bonchev–Trinajstić information content (AvgIpc) is 3.37. The van der Waals surface area contributed by atoms with Gasteiger partial charge in [0.25, 0.3) is 5.91 Å². The van der Waals surface area contributed by atoms with Crippen LogP contribution in [0.4, 0.5) is 5.69 Å². The SMILES string of the molecule is O=C([C@H]1CNCCO1)N(Cc1ccc2c(c1)NCC2Cl)C1CC1. The number of hydrogen-bond acceptors (Lipinski definition) is 4. The predicted molar refractivity (Wildman–Crippen MR) is 89.7 cm³/mol. The number of nitrogens with one attached hydrogen (secondary N) is 2. The molecule has 1 amide bonds. The van der Waals surface area contributed by atoms with Crippen molar-refractivity contribution >= 4 is 23.2 Å². The predicted octanol–water partition coefficient (Wildman–Crippen LogP) is 1.87. The molecule has 3 aliphatic rings. The van der Waals surface area contributed by atoms with Crippen molar-refractivity contribution in [2.45, 2.75) is 36.9 Å². The molecule has 4 rings (SSSR count). The molecule has 2 atom stereocenters. The van der Waals surface area contributed by atoms with Gasteiger partial charge in [0.1, 0.15) is 6.10 Å².